The molecule has 1 N–H and O–H groups in total. The number of ether oxygens (including phenoxy) is 1. The molecule has 1 aromatic carbocycles. The van der Waals surface area contributed by atoms with Crippen molar-refractivity contribution in [3.8, 4) is 5.88 Å². The van der Waals surface area contributed by atoms with Gasteiger partial charge in [0.25, 0.3) is 0 Å². The quantitative estimate of drug-likeness (QED) is 0.766. The summed E-state index contributed by atoms with van der Waals surface area (Å²) in [7, 11) is 0. The molecule has 1 atom stereocenters. The molecule has 2 aromatic heterocycles. The predicted octanol–water partition coefficient (Wildman–Crippen LogP) is 4.04. The number of benzene rings is 1. The molecular formula is C18H19FN4O. The van der Waals surface area contributed by atoms with Crippen molar-refractivity contribution in [3.63, 3.8) is 0 Å². The number of hydrogen-bond acceptors (Lipinski definition) is 5. The Kier molecular flexibility index (Phi) is 4.55. The van der Waals surface area contributed by atoms with E-state index in [4.69, 9.17) is 4.74 Å². The SMILES string of the molecule is CCOc1cc2c(N[C@H](C)c3ccc(F)cc3)nc(C)nc2cn1. The first-order valence-corrected chi connectivity index (χ1v) is 7.86. The van der Waals surface area contributed by atoms with Gasteiger partial charge in [-0.05, 0) is 38.5 Å². The van der Waals surface area contributed by atoms with E-state index in [0.29, 0.717) is 24.1 Å². The summed E-state index contributed by atoms with van der Waals surface area (Å²) in [5.41, 5.74) is 1.72. The van der Waals surface area contributed by atoms with Crippen LogP contribution in [0.2, 0.25) is 0 Å². The second-order valence-corrected chi connectivity index (χ2v) is 5.51. The highest BCUT2D eigenvalue weighted by molar-refractivity contribution is 5.89. The molecule has 3 rings (SSSR count). The largest absolute Gasteiger partial charge is 0.478 e. The van der Waals surface area contributed by atoms with Crippen LogP contribution in [0.15, 0.2) is 36.5 Å². The molecule has 0 radical (unpaired) electrons. The summed E-state index contributed by atoms with van der Waals surface area (Å²) in [6.07, 6.45) is 1.68. The van der Waals surface area contributed by atoms with Crippen LogP contribution in [-0.4, -0.2) is 21.6 Å². The lowest BCUT2D eigenvalue weighted by Gasteiger charge is -2.17. The minimum Gasteiger partial charge on any atom is -0.478 e. The molecule has 0 aliphatic rings. The zero-order valence-electron chi connectivity index (χ0n) is 13.9. The molecule has 0 bridgehead atoms. The second-order valence-electron chi connectivity index (χ2n) is 5.51. The van der Waals surface area contributed by atoms with Gasteiger partial charge in [0.15, 0.2) is 0 Å². The Hall–Kier alpha value is -2.76. The van der Waals surface area contributed by atoms with Crippen LogP contribution in [0.1, 0.15) is 31.3 Å². The number of aryl methyl sites for hydroxylation is 1. The molecule has 3 aromatic rings. The summed E-state index contributed by atoms with van der Waals surface area (Å²) in [5, 5.41) is 4.21. The van der Waals surface area contributed by atoms with E-state index in [1.807, 2.05) is 26.8 Å². The van der Waals surface area contributed by atoms with Crippen LogP contribution >= 0.6 is 0 Å². The maximum atomic E-state index is 13.1. The third-order valence-corrected chi connectivity index (χ3v) is 3.68. The Balaban J connectivity index is 1.97. The van der Waals surface area contributed by atoms with E-state index in [0.717, 1.165) is 16.5 Å². The van der Waals surface area contributed by atoms with E-state index in [-0.39, 0.29) is 11.9 Å². The van der Waals surface area contributed by atoms with Gasteiger partial charge in [-0.2, -0.15) is 0 Å². The second kappa shape index (κ2) is 6.78. The van der Waals surface area contributed by atoms with Crippen LogP contribution in [0.3, 0.4) is 0 Å². The molecule has 24 heavy (non-hydrogen) atoms. The van der Waals surface area contributed by atoms with Crippen LogP contribution in [0, 0.1) is 12.7 Å². The predicted molar refractivity (Wildman–Crippen MR) is 91.7 cm³/mol. The van der Waals surface area contributed by atoms with Crippen molar-refractivity contribution in [2.45, 2.75) is 26.8 Å². The molecule has 6 heteroatoms. The summed E-state index contributed by atoms with van der Waals surface area (Å²) in [4.78, 5) is 13.2. The lowest BCUT2D eigenvalue weighted by atomic mass is 10.1. The van der Waals surface area contributed by atoms with E-state index in [2.05, 4.69) is 20.3 Å². The molecule has 0 aliphatic carbocycles. The molecule has 0 fully saturated rings. The van der Waals surface area contributed by atoms with Crippen LogP contribution < -0.4 is 10.1 Å². The van der Waals surface area contributed by atoms with Crippen LogP contribution in [0.25, 0.3) is 10.9 Å². The third-order valence-electron chi connectivity index (χ3n) is 3.68. The van der Waals surface area contributed by atoms with Crippen LogP contribution in [0.5, 0.6) is 5.88 Å². The number of aromatic nitrogens is 3. The van der Waals surface area contributed by atoms with E-state index in [1.54, 1.807) is 18.3 Å². The maximum Gasteiger partial charge on any atom is 0.214 e. The fourth-order valence-electron chi connectivity index (χ4n) is 2.51. The normalized spacial score (nSPS) is 12.2. The van der Waals surface area contributed by atoms with Crippen molar-refractivity contribution in [2.24, 2.45) is 0 Å². The number of fused-ring (bicyclic) bond motifs is 1. The Labute approximate surface area is 139 Å². The van der Waals surface area contributed by atoms with Crippen molar-refractivity contribution in [1.29, 1.82) is 0 Å². The smallest absolute Gasteiger partial charge is 0.214 e. The highest BCUT2D eigenvalue weighted by atomic mass is 19.1. The van der Waals surface area contributed by atoms with Gasteiger partial charge in [-0.1, -0.05) is 12.1 Å². The number of nitrogens with one attached hydrogen (secondary N) is 1. The number of halogens is 1. The van der Waals surface area contributed by atoms with Gasteiger partial charge >= 0.3 is 0 Å². The summed E-state index contributed by atoms with van der Waals surface area (Å²) in [5.74, 6) is 1.65. The molecule has 0 unspecified atom stereocenters. The zero-order chi connectivity index (χ0) is 17.1. The van der Waals surface area contributed by atoms with Crippen molar-refractivity contribution < 1.29 is 9.13 Å². The van der Waals surface area contributed by atoms with Crippen LogP contribution in [0.4, 0.5) is 10.2 Å². The van der Waals surface area contributed by atoms with E-state index in [1.165, 1.54) is 12.1 Å². The van der Waals surface area contributed by atoms with Gasteiger partial charge in [0.1, 0.15) is 17.5 Å². The molecule has 5 nitrogen and oxygen atoms in total. The highest BCUT2D eigenvalue weighted by Crippen LogP contribution is 2.26. The van der Waals surface area contributed by atoms with Crippen molar-refractivity contribution in [2.75, 3.05) is 11.9 Å². The molecule has 0 spiro atoms. The molecular weight excluding hydrogens is 307 g/mol. The van der Waals surface area contributed by atoms with Gasteiger partial charge in [-0.3, -0.25) is 0 Å². The van der Waals surface area contributed by atoms with Crippen molar-refractivity contribution in [1.82, 2.24) is 15.0 Å². The van der Waals surface area contributed by atoms with Gasteiger partial charge in [0.05, 0.1) is 18.3 Å². The topological polar surface area (TPSA) is 59.9 Å². The number of rotatable bonds is 5. The first-order chi connectivity index (χ1) is 11.6. The number of nitrogens with zero attached hydrogens (tertiary/aromatic N) is 3. The summed E-state index contributed by atoms with van der Waals surface area (Å²) in [6.45, 7) is 6.29. The van der Waals surface area contributed by atoms with E-state index >= 15 is 0 Å². The van der Waals surface area contributed by atoms with E-state index in [9.17, 15) is 4.39 Å². The summed E-state index contributed by atoms with van der Waals surface area (Å²) < 4.78 is 18.6. The molecule has 124 valence electrons. The number of pyridine rings is 1. The zero-order valence-corrected chi connectivity index (χ0v) is 13.9. The first kappa shape index (κ1) is 16.1. The lowest BCUT2D eigenvalue weighted by molar-refractivity contribution is 0.327. The Morgan fingerprint density at radius 2 is 1.96 bits per heavy atom. The molecule has 0 amide bonds. The lowest BCUT2D eigenvalue weighted by Crippen LogP contribution is -2.10. The van der Waals surface area contributed by atoms with Crippen LogP contribution in [-0.2, 0) is 0 Å². The monoisotopic (exact) mass is 326 g/mol. The Bertz CT molecular complexity index is 852. The standard InChI is InChI=1S/C18H19FN4O/c1-4-24-17-9-15-16(10-20-17)22-12(3)23-18(15)21-11(2)13-5-7-14(19)8-6-13/h5-11H,4H2,1-3H3,(H,21,22,23)/t11-/m1/s1. The molecule has 0 saturated carbocycles. The number of anilines is 1. The van der Waals surface area contributed by atoms with Gasteiger partial charge in [0, 0.05) is 17.5 Å². The summed E-state index contributed by atoms with van der Waals surface area (Å²) in [6, 6.07) is 8.22. The fraction of sp³-hybridized carbons (Fsp3) is 0.278. The van der Waals surface area contributed by atoms with E-state index < -0.39 is 0 Å². The van der Waals surface area contributed by atoms with Crippen molar-refractivity contribution in [3.05, 3.63) is 53.7 Å². The minimum absolute atomic E-state index is 0.0354. The molecule has 0 aliphatic heterocycles. The summed E-state index contributed by atoms with van der Waals surface area (Å²) >= 11 is 0. The highest BCUT2D eigenvalue weighted by Gasteiger charge is 2.12. The Morgan fingerprint density at radius 1 is 1.21 bits per heavy atom. The van der Waals surface area contributed by atoms with Gasteiger partial charge < -0.3 is 10.1 Å². The average molecular weight is 326 g/mol. The fourth-order valence-corrected chi connectivity index (χ4v) is 2.51. The van der Waals surface area contributed by atoms with Gasteiger partial charge in [-0.15, -0.1) is 0 Å². The third kappa shape index (κ3) is 3.42. The Morgan fingerprint density at radius 3 is 2.67 bits per heavy atom. The molecule has 0 saturated heterocycles. The molecule has 2 heterocycles. The first-order valence-electron chi connectivity index (χ1n) is 7.86. The maximum absolute atomic E-state index is 13.1. The van der Waals surface area contributed by atoms with Crippen molar-refractivity contribution >= 4 is 16.7 Å². The van der Waals surface area contributed by atoms with Gasteiger partial charge in [0.2, 0.25) is 5.88 Å². The minimum atomic E-state index is -0.248. The van der Waals surface area contributed by atoms with Gasteiger partial charge in [-0.25, -0.2) is 19.3 Å². The average Bonchev–Trinajstić information content (AvgIpc) is 2.56. The number of hydrogen-bond donors (Lipinski definition) is 1.